The quantitative estimate of drug-likeness (QED) is 0.852. The number of aromatic nitrogens is 1. The van der Waals surface area contributed by atoms with Crippen LogP contribution in [-0.4, -0.2) is 23.1 Å². The molecule has 0 aliphatic heterocycles. The summed E-state index contributed by atoms with van der Waals surface area (Å²) < 4.78 is 6.90. The van der Waals surface area contributed by atoms with Crippen LogP contribution in [-0.2, 0) is 16.1 Å². The van der Waals surface area contributed by atoms with E-state index in [-0.39, 0.29) is 0 Å². The number of hydrogen-bond donors (Lipinski definition) is 1. The third-order valence-corrected chi connectivity index (χ3v) is 3.32. The Morgan fingerprint density at radius 3 is 2.48 bits per heavy atom. The Bertz CT molecular complexity index is 660. The third kappa shape index (κ3) is 3.51. The number of carbonyl (C=O) groups excluding carboxylic acids is 2. The smallest absolute Gasteiger partial charge is 0.340 e. The van der Waals surface area contributed by atoms with Crippen LogP contribution >= 0.6 is 0 Å². The van der Waals surface area contributed by atoms with Gasteiger partial charge in [0.1, 0.15) is 0 Å². The van der Waals surface area contributed by atoms with E-state index in [1.807, 2.05) is 48.7 Å². The summed E-state index contributed by atoms with van der Waals surface area (Å²) in [5.41, 5.74) is 8.36. The number of primary amides is 1. The Morgan fingerprint density at radius 2 is 1.86 bits per heavy atom. The first-order chi connectivity index (χ1) is 9.99. The van der Waals surface area contributed by atoms with Gasteiger partial charge in [-0.25, -0.2) is 4.79 Å². The number of esters is 1. The molecule has 0 radical (unpaired) electrons. The van der Waals surface area contributed by atoms with Gasteiger partial charge in [-0.3, -0.25) is 4.79 Å². The molecule has 1 aromatic heterocycles. The van der Waals surface area contributed by atoms with Gasteiger partial charge < -0.3 is 15.0 Å². The standard InChI is InChI=1S/C16H18N2O3/c1-11-8-14(16(20)21-10-15(17)19)12(2)18(11)9-13-6-4-3-5-7-13/h3-8H,9-10H2,1-2H3,(H2,17,19). The average Bonchev–Trinajstić information content (AvgIpc) is 2.74. The normalized spacial score (nSPS) is 10.4. The number of carbonyl (C=O) groups is 2. The van der Waals surface area contributed by atoms with E-state index in [9.17, 15) is 9.59 Å². The van der Waals surface area contributed by atoms with Crippen LogP contribution in [0.1, 0.15) is 27.3 Å². The molecule has 2 aromatic rings. The van der Waals surface area contributed by atoms with Crippen molar-refractivity contribution < 1.29 is 14.3 Å². The number of rotatable bonds is 5. The summed E-state index contributed by atoms with van der Waals surface area (Å²) in [5, 5.41) is 0. The SMILES string of the molecule is Cc1cc(C(=O)OCC(N)=O)c(C)n1Cc1ccccc1. The Labute approximate surface area is 123 Å². The molecule has 0 aliphatic rings. The van der Waals surface area contributed by atoms with Crippen LogP contribution in [0.15, 0.2) is 36.4 Å². The van der Waals surface area contributed by atoms with Crippen LogP contribution in [0.5, 0.6) is 0 Å². The van der Waals surface area contributed by atoms with Crippen molar-refractivity contribution in [3.8, 4) is 0 Å². The summed E-state index contributed by atoms with van der Waals surface area (Å²) in [6, 6.07) is 11.7. The van der Waals surface area contributed by atoms with E-state index in [1.54, 1.807) is 6.07 Å². The van der Waals surface area contributed by atoms with Gasteiger partial charge in [0.05, 0.1) is 5.56 Å². The second kappa shape index (κ2) is 6.26. The van der Waals surface area contributed by atoms with Crippen LogP contribution in [0.2, 0.25) is 0 Å². The zero-order chi connectivity index (χ0) is 15.4. The molecule has 0 bridgehead atoms. The van der Waals surface area contributed by atoms with Crippen LogP contribution in [0.3, 0.4) is 0 Å². The fourth-order valence-corrected chi connectivity index (χ4v) is 2.23. The second-order valence-electron chi connectivity index (χ2n) is 4.90. The summed E-state index contributed by atoms with van der Waals surface area (Å²) in [6.45, 7) is 4.07. The predicted molar refractivity (Wildman–Crippen MR) is 78.9 cm³/mol. The number of hydrogen-bond acceptors (Lipinski definition) is 3. The topological polar surface area (TPSA) is 74.3 Å². The summed E-state index contributed by atoms with van der Waals surface area (Å²) in [5.74, 6) is -1.19. The fraction of sp³-hybridized carbons (Fsp3) is 0.250. The second-order valence-corrected chi connectivity index (χ2v) is 4.90. The predicted octanol–water partition coefficient (Wildman–Crippen LogP) is 1.80. The maximum atomic E-state index is 11.9. The number of benzene rings is 1. The lowest BCUT2D eigenvalue weighted by molar-refractivity contribution is -0.121. The number of ether oxygens (including phenoxy) is 1. The van der Waals surface area contributed by atoms with Gasteiger partial charge in [0.2, 0.25) is 0 Å². The highest BCUT2D eigenvalue weighted by Gasteiger charge is 2.17. The van der Waals surface area contributed by atoms with Gasteiger partial charge in [-0.05, 0) is 25.5 Å². The van der Waals surface area contributed by atoms with Crippen molar-refractivity contribution in [2.45, 2.75) is 20.4 Å². The molecule has 5 nitrogen and oxygen atoms in total. The van der Waals surface area contributed by atoms with Gasteiger partial charge in [-0.15, -0.1) is 0 Å². The van der Waals surface area contributed by atoms with Gasteiger partial charge >= 0.3 is 5.97 Å². The van der Waals surface area contributed by atoms with Gasteiger partial charge in [0.15, 0.2) is 6.61 Å². The minimum atomic E-state index is -0.665. The van der Waals surface area contributed by atoms with E-state index in [2.05, 4.69) is 0 Å². The number of nitrogens with two attached hydrogens (primary N) is 1. The first-order valence-corrected chi connectivity index (χ1v) is 6.65. The molecule has 1 heterocycles. The molecule has 110 valence electrons. The lowest BCUT2D eigenvalue weighted by Gasteiger charge is -2.10. The molecule has 0 saturated heterocycles. The molecule has 5 heteroatoms. The first-order valence-electron chi connectivity index (χ1n) is 6.65. The summed E-state index contributed by atoms with van der Waals surface area (Å²) in [6.07, 6.45) is 0. The lowest BCUT2D eigenvalue weighted by atomic mass is 10.2. The highest BCUT2D eigenvalue weighted by molar-refractivity contribution is 5.92. The zero-order valence-electron chi connectivity index (χ0n) is 12.1. The minimum absolute atomic E-state index is 0.402. The summed E-state index contributed by atoms with van der Waals surface area (Å²) in [7, 11) is 0. The molecule has 0 fully saturated rings. The Hall–Kier alpha value is -2.56. The zero-order valence-corrected chi connectivity index (χ0v) is 12.1. The van der Waals surface area contributed by atoms with E-state index in [0.717, 1.165) is 17.0 Å². The average molecular weight is 286 g/mol. The molecule has 0 atom stereocenters. The van der Waals surface area contributed by atoms with Crippen molar-refractivity contribution >= 4 is 11.9 Å². The van der Waals surface area contributed by atoms with Crippen molar-refractivity contribution in [1.82, 2.24) is 4.57 Å². The number of amides is 1. The molecule has 21 heavy (non-hydrogen) atoms. The summed E-state index contributed by atoms with van der Waals surface area (Å²) in [4.78, 5) is 22.6. The largest absolute Gasteiger partial charge is 0.452 e. The number of aryl methyl sites for hydroxylation is 1. The van der Waals surface area contributed by atoms with Crippen LogP contribution in [0.25, 0.3) is 0 Å². The number of nitrogens with zero attached hydrogens (tertiary/aromatic N) is 1. The molecule has 2 rings (SSSR count). The van der Waals surface area contributed by atoms with Crippen molar-refractivity contribution in [1.29, 1.82) is 0 Å². The van der Waals surface area contributed by atoms with Gasteiger partial charge in [0, 0.05) is 17.9 Å². The molecule has 1 aromatic carbocycles. The van der Waals surface area contributed by atoms with Crippen molar-refractivity contribution in [2.24, 2.45) is 5.73 Å². The Balaban J connectivity index is 2.21. The highest BCUT2D eigenvalue weighted by Crippen LogP contribution is 2.18. The van der Waals surface area contributed by atoms with Crippen LogP contribution < -0.4 is 5.73 Å². The van der Waals surface area contributed by atoms with E-state index in [4.69, 9.17) is 10.5 Å². The molecule has 0 spiro atoms. The molecule has 0 saturated carbocycles. The van der Waals surface area contributed by atoms with Crippen molar-refractivity contribution in [3.05, 3.63) is 58.9 Å². The van der Waals surface area contributed by atoms with Crippen molar-refractivity contribution in [2.75, 3.05) is 6.61 Å². The van der Waals surface area contributed by atoms with Crippen LogP contribution in [0, 0.1) is 13.8 Å². The maximum Gasteiger partial charge on any atom is 0.340 e. The monoisotopic (exact) mass is 286 g/mol. The fourth-order valence-electron chi connectivity index (χ4n) is 2.23. The van der Waals surface area contributed by atoms with Gasteiger partial charge in [-0.1, -0.05) is 30.3 Å². The molecule has 1 amide bonds. The van der Waals surface area contributed by atoms with E-state index >= 15 is 0 Å². The lowest BCUT2D eigenvalue weighted by Crippen LogP contribution is -2.21. The third-order valence-electron chi connectivity index (χ3n) is 3.32. The molecule has 2 N–H and O–H groups in total. The molecular weight excluding hydrogens is 268 g/mol. The van der Waals surface area contributed by atoms with E-state index < -0.39 is 18.5 Å². The molecule has 0 aliphatic carbocycles. The first kappa shape index (κ1) is 14.8. The van der Waals surface area contributed by atoms with Gasteiger partial charge in [0.25, 0.3) is 5.91 Å². The maximum absolute atomic E-state index is 11.9. The van der Waals surface area contributed by atoms with Gasteiger partial charge in [-0.2, -0.15) is 0 Å². The Morgan fingerprint density at radius 1 is 1.19 bits per heavy atom. The summed E-state index contributed by atoms with van der Waals surface area (Å²) >= 11 is 0. The minimum Gasteiger partial charge on any atom is -0.452 e. The van der Waals surface area contributed by atoms with Crippen molar-refractivity contribution in [3.63, 3.8) is 0 Å². The highest BCUT2D eigenvalue weighted by atomic mass is 16.5. The van der Waals surface area contributed by atoms with Crippen LogP contribution in [0.4, 0.5) is 0 Å². The Kier molecular flexibility index (Phi) is 4.42. The molecular formula is C16H18N2O3. The van der Waals surface area contributed by atoms with E-state index in [1.165, 1.54) is 0 Å². The van der Waals surface area contributed by atoms with E-state index in [0.29, 0.717) is 12.1 Å². The molecule has 0 unspecified atom stereocenters.